The highest BCUT2D eigenvalue weighted by Gasteiger charge is 2.29. The molecule has 23 heavy (non-hydrogen) atoms. The highest BCUT2D eigenvalue weighted by molar-refractivity contribution is 5.92. The van der Waals surface area contributed by atoms with Crippen molar-refractivity contribution in [2.24, 2.45) is 0 Å². The highest BCUT2D eigenvalue weighted by atomic mass is 16.5. The lowest BCUT2D eigenvalue weighted by Gasteiger charge is -2.25. The molecule has 0 aliphatic carbocycles. The minimum absolute atomic E-state index is 0.116. The van der Waals surface area contributed by atoms with Gasteiger partial charge in [0, 0.05) is 30.6 Å². The molecule has 2 aromatic rings. The lowest BCUT2D eigenvalue weighted by atomic mass is 9.97. The van der Waals surface area contributed by atoms with Gasteiger partial charge in [-0.05, 0) is 6.07 Å². The molecule has 0 fully saturated rings. The first-order valence-electron chi connectivity index (χ1n) is 7.67. The largest absolute Gasteiger partial charge is 0.497 e. The predicted octanol–water partition coefficient (Wildman–Crippen LogP) is 2.57. The third-order valence-electron chi connectivity index (χ3n) is 3.84. The molecule has 0 unspecified atom stereocenters. The third kappa shape index (κ3) is 3.06. The Morgan fingerprint density at radius 2 is 2.17 bits per heavy atom. The van der Waals surface area contributed by atoms with Crippen molar-refractivity contribution in [3.05, 3.63) is 41.4 Å². The molecule has 3 rings (SSSR count). The van der Waals surface area contributed by atoms with Crippen LogP contribution in [0.1, 0.15) is 48.6 Å². The van der Waals surface area contributed by atoms with Gasteiger partial charge in [-0.25, -0.2) is 4.98 Å². The maximum atomic E-state index is 12.6. The van der Waals surface area contributed by atoms with Gasteiger partial charge in [0.2, 0.25) is 0 Å². The first-order valence-corrected chi connectivity index (χ1v) is 7.67. The van der Waals surface area contributed by atoms with Crippen molar-refractivity contribution in [1.29, 1.82) is 0 Å². The van der Waals surface area contributed by atoms with E-state index in [2.05, 4.69) is 30.7 Å². The van der Waals surface area contributed by atoms with Crippen LogP contribution in [0.3, 0.4) is 0 Å². The molecule has 1 aliphatic rings. The van der Waals surface area contributed by atoms with Gasteiger partial charge < -0.3 is 14.1 Å². The van der Waals surface area contributed by atoms with Gasteiger partial charge in [0.1, 0.15) is 22.9 Å². The second kappa shape index (κ2) is 5.68. The van der Waals surface area contributed by atoms with Gasteiger partial charge in [0.15, 0.2) is 5.89 Å². The summed E-state index contributed by atoms with van der Waals surface area (Å²) in [4.78, 5) is 23.1. The minimum Gasteiger partial charge on any atom is -0.497 e. The summed E-state index contributed by atoms with van der Waals surface area (Å²) in [5, 5.41) is 0. The Labute approximate surface area is 135 Å². The fraction of sp³-hybridized carbons (Fsp3) is 0.471. The zero-order valence-corrected chi connectivity index (χ0v) is 13.9. The molecule has 0 N–H and O–H groups in total. The van der Waals surface area contributed by atoms with Crippen LogP contribution in [-0.2, 0) is 18.4 Å². The number of nitrogens with zero attached hydrogens (tertiary/aromatic N) is 3. The summed E-state index contributed by atoms with van der Waals surface area (Å²) in [6.45, 7) is 7.24. The number of ether oxygens (including phenoxy) is 1. The molecule has 2 aromatic heterocycles. The van der Waals surface area contributed by atoms with Crippen LogP contribution in [0.2, 0.25) is 0 Å². The van der Waals surface area contributed by atoms with Crippen LogP contribution >= 0.6 is 0 Å². The zero-order valence-electron chi connectivity index (χ0n) is 13.9. The van der Waals surface area contributed by atoms with Crippen molar-refractivity contribution in [2.45, 2.75) is 39.2 Å². The third-order valence-corrected chi connectivity index (χ3v) is 3.84. The van der Waals surface area contributed by atoms with Gasteiger partial charge in [-0.15, -0.1) is 0 Å². The van der Waals surface area contributed by atoms with Gasteiger partial charge in [0.25, 0.3) is 5.91 Å². The molecule has 6 nitrogen and oxygen atoms in total. The van der Waals surface area contributed by atoms with Crippen LogP contribution in [0.25, 0.3) is 0 Å². The SMILES string of the molecule is COc1ccnc(C(=O)N2CCc3oc(C(C)(C)C)nc3C2)c1. The molecule has 0 spiro atoms. The standard InChI is InChI=1S/C17H21N3O3/c1-17(2,3)16-19-13-10-20(8-6-14(13)23-16)15(21)12-9-11(22-4)5-7-18-12/h5,7,9H,6,8,10H2,1-4H3. The van der Waals surface area contributed by atoms with Crippen molar-refractivity contribution < 1.29 is 13.9 Å². The number of hydrogen-bond donors (Lipinski definition) is 0. The topological polar surface area (TPSA) is 68.5 Å². The van der Waals surface area contributed by atoms with Crippen LogP contribution in [0.4, 0.5) is 0 Å². The average molecular weight is 315 g/mol. The molecule has 0 aromatic carbocycles. The summed E-state index contributed by atoms with van der Waals surface area (Å²) in [6, 6.07) is 3.37. The van der Waals surface area contributed by atoms with E-state index in [1.807, 2.05) is 0 Å². The molecule has 6 heteroatoms. The van der Waals surface area contributed by atoms with Gasteiger partial charge in [-0.1, -0.05) is 20.8 Å². The number of hydrogen-bond acceptors (Lipinski definition) is 5. The van der Waals surface area contributed by atoms with Crippen LogP contribution in [0.15, 0.2) is 22.7 Å². The van der Waals surface area contributed by atoms with E-state index in [4.69, 9.17) is 9.15 Å². The summed E-state index contributed by atoms with van der Waals surface area (Å²) in [6.07, 6.45) is 2.25. The van der Waals surface area contributed by atoms with Crippen LogP contribution in [-0.4, -0.2) is 34.4 Å². The molecule has 0 saturated carbocycles. The molecule has 0 radical (unpaired) electrons. The number of aromatic nitrogens is 2. The van der Waals surface area contributed by atoms with E-state index in [9.17, 15) is 4.79 Å². The van der Waals surface area contributed by atoms with Crippen LogP contribution < -0.4 is 4.74 Å². The number of carbonyl (C=O) groups is 1. The van der Waals surface area contributed by atoms with E-state index in [1.165, 1.54) is 0 Å². The fourth-order valence-electron chi connectivity index (χ4n) is 2.51. The van der Waals surface area contributed by atoms with Gasteiger partial charge in [-0.3, -0.25) is 9.78 Å². The van der Waals surface area contributed by atoms with E-state index in [0.717, 1.165) is 17.3 Å². The maximum absolute atomic E-state index is 12.6. The normalized spacial score (nSPS) is 14.5. The lowest BCUT2D eigenvalue weighted by molar-refractivity contribution is 0.0721. The van der Waals surface area contributed by atoms with Gasteiger partial charge in [0.05, 0.1) is 13.7 Å². The molecule has 1 amide bonds. The molecule has 1 aliphatic heterocycles. The predicted molar refractivity (Wildman–Crippen MR) is 84.4 cm³/mol. The molecule has 0 atom stereocenters. The van der Waals surface area contributed by atoms with Gasteiger partial charge in [-0.2, -0.15) is 0 Å². The number of carbonyl (C=O) groups excluding carboxylic acids is 1. The van der Waals surface area contributed by atoms with Crippen LogP contribution in [0.5, 0.6) is 5.75 Å². The van der Waals surface area contributed by atoms with Crippen molar-refractivity contribution in [3.8, 4) is 5.75 Å². The van der Waals surface area contributed by atoms with E-state index >= 15 is 0 Å². The quantitative estimate of drug-likeness (QED) is 0.852. The van der Waals surface area contributed by atoms with E-state index in [-0.39, 0.29) is 11.3 Å². The summed E-state index contributed by atoms with van der Waals surface area (Å²) < 4.78 is 11.0. The Bertz CT molecular complexity index is 731. The number of fused-ring (bicyclic) bond motifs is 1. The summed E-state index contributed by atoms with van der Waals surface area (Å²) >= 11 is 0. The smallest absolute Gasteiger partial charge is 0.272 e. The van der Waals surface area contributed by atoms with E-state index < -0.39 is 0 Å². The lowest BCUT2D eigenvalue weighted by Crippen LogP contribution is -2.36. The Kier molecular flexibility index (Phi) is 3.83. The second-order valence-electron chi connectivity index (χ2n) is 6.70. The van der Waals surface area contributed by atoms with Crippen molar-refractivity contribution in [1.82, 2.24) is 14.9 Å². The summed E-state index contributed by atoms with van der Waals surface area (Å²) in [5.41, 5.74) is 1.09. The number of rotatable bonds is 2. The Morgan fingerprint density at radius 1 is 1.39 bits per heavy atom. The summed E-state index contributed by atoms with van der Waals surface area (Å²) in [5.74, 6) is 2.11. The van der Waals surface area contributed by atoms with Crippen LogP contribution in [0, 0.1) is 0 Å². The number of pyridine rings is 1. The van der Waals surface area contributed by atoms with Crippen molar-refractivity contribution >= 4 is 5.91 Å². The van der Waals surface area contributed by atoms with Crippen molar-refractivity contribution in [3.63, 3.8) is 0 Å². The molecular weight excluding hydrogens is 294 g/mol. The Morgan fingerprint density at radius 3 is 2.87 bits per heavy atom. The maximum Gasteiger partial charge on any atom is 0.272 e. The monoisotopic (exact) mass is 315 g/mol. The van der Waals surface area contributed by atoms with Gasteiger partial charge >= 0.3 is 0 Å². The highest BCUT2D eigenvalue weighted by Crippen LogP contribution is 2.27. The first kappa shape index (κ1) is 15.5. The molecule has 0 saturated heterocycles. The fourth-order valence-corrected chi connectivity index (χ4v) is 2.51. The average Bonchev–Trinajstić information content (AvgIpc) is 2.97. The zero-order chi connectivity index (χ0) is 16.6. The van der Waals surface area contributed by atoms with Crippen molar-refractivity contribution in [2.75, 3.05) is 13.7 Å². The first-order chi connectivity index (χ1) is 10.9. The number of oxazole rings is 1. The molecule has 3 heterocycles. The number of amides is 1. The molecule has 122 valence electrons. The Hall–Kier alpha value is -2.37. The van der Waals surface area contributed by atoms with E-state index in [0.29, 0.717) is 31.0 Å². The second-order valence-corrected chi connectivity index (χ2v) is 6.70. The number of methoxy groups -OCH3 is 1. The molecular formula is C17H21N3O3. The summed E-state index contributed by atoms with van der Waals surface area (Å²) in [7, 11) is 1.57. The minimum atomic E-state index is -0.138. The Balaban J connectivity index is 1.81. The molecule has 0 bridgehead atoms. The van der Waals surface area contributed by atoms with E-state index in [1.54, 1.807) is 30.3 Å².